The summed E-state index contributed by atoms with van der Waals surface area (Å²) in [5.74, 6) is -1.45. The maximum absolute atomic E-state index is 12.1. The zero-order valence-electron chi connectivity index (χ0n) is 10.6. The molecule has 0 unspecified atom stereocenters. The van der Waals surface area contributed by atoms with Gasteiger partial charge in [0.25, 0.3) is 5.91 Å². The first kappa shape index (κ1) is 15.6. The van der Waals surface area contributed by atoms with Gasteiger partial charge in [0, 0.05) is 9.13 Å². The van der Waals surface area contributed by atoms with Gasteiger partial charge in [-0.05, 0) is 59.0 Å². The first-order valence-electron chi connectivity index (χ1n) is 5.77. The second kappa shape index (κ2) is 6.31. The lowest BCUT2D eigenvalue weighted by molar-refractivity contribution is 0.0697. The molecule has 0 aliphatic heterocycles. The number of carbonyl (C=O) groups excluding carboxylic acids is 1. The van der Waals surface area contributed by atoms with Crippen molar-refractivity contribution in [3.05, 3.63) is 56.1 Å². The summed E-state index contributed by atoms with van der Waals surface area (Å²) >= 11 is 8.03. The van der Waals surface area contributed by atoms with E-state index in [0.717, 1.165) is 3.57 Å². The summed E-state index contributed by atoms with van der Waals surface area (Å²) in [7, 11) is 0. The van der Waals surface area contributed by atoms with Gasteiger partial charge in [-0.2, -0.15) is 0 Å². The molecule has 0 spiro atoms. The summed E-state index contributed by atoms with van der Waals surface area (Å²) in [5, 5.41) is 12.0. The Morgan fingerprint density at radius 3 is 2.38 bits per heavy atom. The van der Waals surface area contributed by atoms with Crippen LogP contribution in [0.25, 0.3) is 0 Å². The molecule has 0 heterocycles. The standard InChI is InChI=1S/C14H10ClIN2O3/c15-9-5-7(1-3-10(9)16)13(19)18-12-4-2-8(14(20)21)6-11(12)17/h1-6H,17H2,(H,18,19)(H,20,21). The molecule has 0 bridgehead atoms. The number of halogens is 2. The topological polar surface area (TPSA) is 92.4 Å². The van der Waals surface area contributed by atoms with Crippen molar-refractivity contribution in [1.29, 1.82) is 0 Å². The van der Waals surface area contributed by atoms with Gasteiger partial charge in [-0.3, -0.25) is 4.79 Å². The number of rotatable bonds is 3. The van der Waals surface area contributed by atoms with Gasteiger partial charge in [0.2, 0.25) is 0 Å². The van der Waals surface area contributed by atoms with E-state index in [0.29, 0.717) is 16.3 Å². The number of hydrogen-bond donors (Lipinski definition) is 3. The molecule has 0 aliphatic rings. The number of nitrogen functional groups attached to an aromatic ring is 1. The molecule has 5 nitrogen and oxygen atoms in total. The van der Waals surface area contributed by atoms with Crippen LogP contribution in [0.1, 0.15) is 20.7 Å². The Kier molecular flexibility index (Phi) is 4.69. The van der Waals surface area contributed by atoms with Gasteiger partial charge < -0.3 is 16.2 Å². The van der Waals surface area contributed by atoms with Crippen molar-refractivity contribution in [2.24, 2.45) is 0 Å². The molecule has 7 heteroatoms. The average molecular weight is 417 g/mol. The predicted octanol–water partition coefficient (Wildman–Crippen LogP) is 3.48. The number of nitrogens with two attached hydrogens (primary N) is 1. The number of benzene rings is 2. The Morgan fingerprint density at radius 1 is 1.14 bits per heavy atom. The summed E-state index contributed by atoms with van der Waals surface area (Å²) in [6.07, 6.45) is 0. The lowest BCUT2D eigenvalue weighted by atomic mass is 10.1. The smallest absolute Gasteiger partial charge is 0.335 e. The van der Waals surface area contributed by atoms with E-state index < -0.39 is 5.97 Å². The van der Waals surface area contributed by atoms with Crippen LogP contribution in [0.15, 0.2) is 36.4 Å². The fraction of sp³-hybridized carbons (Fsp3) is 0. The number of carboxylic acids is 1. The third kappa shape index (κ3) is 3.64. The van der Waals surface area contributed by atoms with E-state index in [9.17, 15) is 9.59 Å². The van der Waals surface area contributed by atoms with Gasteiger partial charge in [0.05, 0.1) is 22.0 Å². The maximum Gasteiger partial charge on any atom is 0.335 e. The van der Waals surface area contributed by atoms with Crippen molar-refractivity contribution in [3.8, 4) is 0 Å². The zero-order valence-corrected chi connectivity index (χ0v) is 13.5. The molecule has 2 aromatic rings. The number of aromatic carboxylic acids is 1. The minimum Gasteiger partial charge on any atom is -0.478 e. The Balaban J connectivity index is 2.23. The Hall–Kier alpha value is -1.80. The highest BCUT2D eigenvalue weighted by atomic mass is 127. The number of carbonyl (C=O) groups is 2. The second-order valence-electron chi connectivity index (χ2n) is 4.19. The van der Waals surface area contributed by atoms with E-state index in [-0.39, 0.29) is 17.2 Å². The molecule has 21 heavy (non-hydrogen) atoms. The van der Waals surface area contributed by atoms with E-state index >= 15 is 0 Å². The molecule has 0 fully saturated rings. The van der Waals surface area contributed by atoms with Gasteiger partial charge in [0.1, 0.15) is 0 Å². The summed E-state index contributed by atoms with van der Waals surface area (Å²) in [6.45, 7) is 0. The molecule has 0 atom stereocenters. The van der Waals surface area contributed by atoms with Crippen molar-refractivity contribution in [2.45, 2.75) is 0 Å². The van der Waals surface area contributed by atoms with Crippen LogP contribution in [0.4, 0.5) is 11.4 Å². The molecular weight excluding hydrogens is 407 g/mol. The SMILES string of the molecule is Nc1cc(C(=O)O)ccc1NC(=O)c1ccc(I)c(Cl)c1. The molecule has 0 aliphatic carbocycles. The fourth-order valence-corrected chi connectivity index (χ4v) is 2.16. The molecule has 0 aromatic heterocycles. The minimum absolute atomic E-state index is 0.0582. The maximum atomic E-state index is 12.1. The zero-order chi connectivity index (χ0) is 15.6. The largest absolute Gasteiger partial charge is 0.478 e. The lowest BCUT2D eigenvalue weighted by Crippen LogP contribution is -2.13. The van der Waals surface area contributed by atoms with E-state index in [4.69, 9.17) is 22.4 Å². The summed E-state index contributed by atoms with van der Waals surface area (Å²) < 4.78 is 0.844. The van der Waals surface area contributed by atoms with Gasteiger partial charge in [0.15, 0.2) is 0 Å². The molecule has 2 rings (SSSR count). The summed E-state index contributed by atoms with van der Waals surface area (Å²) in [6, 6.07) is 9.04. The van der Waals surface area contributed by atoms with E-state index in [1.165, 1.54) is 18.2 Å². The van der Waals surface area contributed by atoms with Crippen molar-refractivity contribution in [3.63, 3.8) is 0 Å². The summed E-state index contributed by atoms with van der Waals surface area (Å²) in [5.41, 5.74) is 6.71. The normalized spacial score (nSPS) is 10.2. The Labute approximate surface area is 139 Å². The first-order chi connectivity index (χ1) is 9.88. The van der Waals surface area contributed by atoms with Crippen molar-refractivity contribution < 1.29 is 14.7 Å². The van der Waals surface area contributed by atoms with Crippen LogP contribution in [0.3, 0.4) is 0 Å². The third-order valence-corrected chi connectivity index (χ3v) is 4.30. The van der Waals surface area contributed by atoms with Gasteiger partial charge in [-0.1, -0.05) is 11.6 Å². The van der Waals surface area contributed by atoms with Crippen molar-refractivity contribution >= 4 is 57.4 Å². The molecular formula is C14H10ClIN2O3. The third-order valence-electron chi connectivity index (χ3n) is 2.73. The quantitative estimate of drug-likeness (QED) is 0.528. The predicted molar refractivity (Wildman–Crippen MR) is 89.9 cm³/mol. The number of nitrogens with one attached hydrogen (secondary N) is 1. The Bertz CT molecular complexity index is 734. The molecule has 0 saturated carbocycles. The van der Waals surface area contributed by atoms with Gasteiger partial charge in [-0.25, -0.2) is 4.79 Å². The van der Waals surface area contributed by atoms with Crippen molar-refractivity contribution in [1.82, 2.24) is 0 Å². The molecule has 0 saturated heterocycles. The van der Waals surface area contributed by atoms with Crippen LogP contribution in [-0.2, 0) is 0 Å². The summed E-state index contributed by atoms with van der Waals surface area (Å²) in [4.78, 5) is 22.9. The van der Waals surface area contributed by atoms with E-state index in [1.807, 2.05) is 0 Å². The minimum atomic E-state index is -1.08. The van der Waals surface area contributed by atoms with Crippen LogP contribution in [-0.4, -0.2) is 17.0 Å². The molecule has 2 aromatic carbocycles. The van der Waals surface area contributed by atoms with Crippen LogP contribution in [0.5, 0.6) is 0 Å². The van der Waals surface area contributed by atoms with E-state index in [1.54, 1.807) is 18.2 Å². The monoisotopic (exact) mass is 416 g/mol. The highest BCUT2D eigenvalue weighted by Crippen LogP contribution is 2.23. The number of carboxylic acid groups (broad SMARTS) is 1. The molecule has 108 valence electrons. The van der Waals surface area contributed by atoms with Crippen LogP contribution in [0, 0.1) is 3.57 Å². The van der Waals surface area contributed by atoms with Crippen LogP contribution >= 0.6 is 34.2 Å². The lowest BCUT2D eigenvalue weighted by Gasteiger charge is -2.09. The van der Waals surface area contributed by atoms with Gasteiger partial charge >= 0.3 is 5.97 Å². The second-order valence-corrected chi connectivity index (χ2v) is 5.76. The molecule has 4 N–H and O–H groups in total. The van der Waals surface area contributed by atoms with Gasteiger partial charge in [-0.15, -0.1) is 0 Å². The van der Waals surface area contributed by atoms with Crippen LogP contribution in [0.2, 0.25) is 5.02 Å². The Morgan fingerprint density at radius 2 is 1.81 bits per heavy atom. The highest BCUT2D eigenvalue weighted by molar-refractivity contribution is 14.1. The van der Waals surface area contributed by atoms with E-state index in [2.05, 4.69) is 27.9 Å². The number of hydrogen-bond acceptors (Lipinski definition) is 3. The number of amides is 1. The molecule has 0 radical (unpaired) electrons. The highest BCUT2D eigenvalue weighted by Gasteiger charge is 2.11. The van der Waals surface area contributed by atoms with Crippen molar-refractivity contribution in [2.75, 3.05) is 11.1 Å². The first-order valence-corrected chi connectivity index (χ1v) is 7.23. The van der Waals surface area contributed by atoms with Crippen LogP contribution < -0.4 is 11.1 Å². The fourth-order valence-electron chi connectivity index (χ4n) is 1.64. The molecule has 1 amide bonds. The average Bonchev–Trinajstić information content (AvgIpc) is 2.43. The number of anilines is 2.